The van der Waals surface area contributed by atoms with E-state index in [2.05, 4.69) is 13.0 Å². The molecule has 0 unspecified atom stereocenters. The monoisotopic (exact) mass is 502 g/mol. The minimum Gasteiger partial charge on any atom is -0.450 e. The number of carbonyl (C=O) groups excluding carboxylic acids is 2. The number of thioether (sulfide) groups is 2. The number of carbonyl (C=O) groups is 2. The van der Waals surface area contributed by atoms with E-state index in [9.17, 15) is 14.4 Å². The van der Waals surface area contributed by atoms with E-state index in [0.29, 0.717) is 48.1 Å². The molecule has 0 N–H and O–H groups in total. The zero-order valence-electron chi connectivity index (χ0n) is 20.0. The molecule has 0 bridgehead atoms. The second kappa shape index (κ2) is 10.4. The van der Waals surface area contributed by atoms with E-state index < -0.39 is 0 Å². The van der Waals surface area contributed by atoms with Crippen LogP contribution in [0.1, 0.15) is 30.7 Å². The summed E-state index contributed by atoms with van der Waals surface area (Å²) in [5, 5.41) is 0.849. The molecule has 2 aromatic rings. The molecule has 0 aliphatic carbocycles. The highest BCUT2D eigenvalue weighted by Crippen LogP contribution is 2.35. The van der Waals surface area contributed by atoms with E-state index in [1.165, 1.54) is 11.8 Å². The van der Waals surface area contributed by atoms with Gasteiger partial charge in [0.1, 0.15) is 0 Å². The van der Waals surface area contributed by atoms with Crippen LogP contribution >= 0.6 is 23.5 Å². The number of aryl methyl sites for hydroxylation is 2. The van der Waals surface area contributed by atoms with Crippen molar-refractivity contribution in [3.63, 3.8) is 0 Å². The minimum atomic E-state index is -0.337. The molecule has 8 nitrogen and oxygen atoms in total. The Labute approximate surface area is 208 Å². The van der Waals surface area contributed by atoms with Crippen LogP contribution in [0.5, 0.6) is 0 Å². The van der Waals surface area contributed by atoms with Crippen LogP contribution in [0.15, 0.2) is 33.0 Å². The first kappa shape index (κ1) is 24.7. The molecule has 2 amide bonds. The van der Waals surface area contributed by atoms with Crippen molar-refractivity contribution >= 4 is 35.5 Å². The van der Waals surface area contributed by atoms with Gasteiger partial charge in [0, 0.05) is 37.8 Å². The number of hydrogen-bond acceptors (Lipinski definition) is 7. The van der Waals surface area contributed by atoms with E-state index in [1.807, 2.05) is 26.0 Å². The third-order valence-corrected chi connectivity index (χ3v) is 7.97. The molecule has 3 heterocycles. The van der Waals surface area contributed by atoms with Crippen molar-refractivity contribution in [3.8, 4) is 5.69 Å². The van der Waals surface area contributed by atoms with Crippen LogP contribution in [-0.2, 0) is 16.0 Å². The SMILES string of the molecule is CCOC(=O)N1CCN(C(=O)CSc2nc3c(c(=O)n2-c2cc(C)cc(C)c2)S[C@@H](C)C3)CC1. The number of benzene rings is 1. The number of amides is 2. The Bertz CT molecular complexity index is 1140. The van der Waals surface area contributed by atoms with E-state index in [-0.39, 0.29) is 23.3 Å². The molecule has 0 radical (unpaired) electrons. The Kier molecular flexibility index (Phi) is 7.57. The van der Waals surface area contributed by atoms with Crippen molar-refractivity contribution in [2.45, 2.75) is 49.4 Å². The maximum absolute atomic E-state index is 13.5. The smallest absolute Gasteiger partial charge is 0.409 e. The average molecular weight is 503 g/mol. The zero-order valence-corrected chi connectivity index (χ0v) is 21.6. The second-order valence-electron chi connectivity index (χ2n) is 8.64. The Morgan fingerprint density at radius 3 is 2.41 bits per heavy atom. The Morgan fingerprint density at radius 1 is 1.12 bits per heavy atom. The first-order valence-corrected chi connectivity index (χ1v) is 13.4. The van der Waals surface area contributed by atoms with Crippen LogP contribution in [0.3, 0.4) is 0 Å². The molecule has 2 aliphatic rings. The highest BCUT2D eigenvalue weighted by atomic mass is 32.2. The predicted octanol–water partition coefficient (Wildman–Crippen LogP) is 3.28. The number of rotatable bonds is 5. The molecule has 1 atom stereocenters. The van der Waals surface area contributed by atoms with Crippen LogP contribution in [0.4, 0.5) is 4.79 Å². The van der Waals surface area contributed by atoms with Gasteiger partial charge in [-0.25, -0.2) is 9.78 Å². The summed E-state index contributed by atoms with van der Waals surface area (Å²) in [5.74, 6) is 0.149. The molecule has 182 valence electrons. The number of aromatic nitrogens is 2. The highest BCUT2D eigenvalue weighted by molar-refractivity contribution is 8.00. The van der Waals surface area contributed by atoms with Crippen molar-refractivity contribution in [3.05, 3.63) is 45.4 Å². The molecule has 0 spiro atoms. The lowest BCUT2D eigenvalue weighted by Gasteiger charge is -2.34. The zero-order chi connectivity index (χ0) is 24.4. The number of fused-ring (bicyclic) bond motifs is 1. The van der Waals surface area contributed by atoms with Crippen LogP contribution in [0, 0.1) is 13.8 Å². The molecule has 1 fully saturated rings. The normalized spacial score (nSPS) is 17.6. The van der Waals surface area contributed by atoms with Gasteiger partial charge >= 0.3 is 6.09 Å². The molecule has 34 heavy (non-hydrogen) atoms. The van der Waals surface area contributed by atoms with Gasteiger partial charge in [-0.05, 0) is 44.0 Å². The van der Waals surface area contributed by atoms with E-state index in [0.717, 1.165) is 28.9 Å². The Hall–Kier alpha value is -2.46. The lowest BCUT2D eigenvalue weighted by molar-refractivity contribution is -0.129. The van der Waals surface area contributed by atoms with Crippen LogP contribution in [0.2, 0.25) is 0 Å². The fourth-order valence-corrected chi connectivity index (χ4v) is 6.30. The molecule has 1 aromatic carbocycles. The van der Waals surface area contributed by atoms with Gasteiger partial charge in [-0.3, -0.25) is 14.2 Å². The Morgan fingerprint density at radius 2 is 1.76 bits per heavy atom. The lowest BCUT2D eigenvalue weighted by atomic mass is 10.1. The summed E-state index contributed by atoms with van der Waals surface area (Å²) in [6.07, 6.45) is 0.413. The van der Waals surface area contributed by atoms with Crippen LogP contribution in [0.25, 0.3) is 5.69 Å². The maximum Gasteiger partial charge on any atom is 0.409 e. The number of hydrogen-bond donors (Lipinski definition) is 0. The van der Waals surface area contributed by atoms with Gasteiger partial charge in [-0.2, -0.15) is 0 Å². The minimum absolute atomic E-state index is 0.0297. The quantitative estimate of drug-likeness (QED) is 0.458. The third-order valence-electron chi connectivity index (χ3n) is 5.83. The molecule has 4 rings (SSSR count). The molecule has 1 saturated heterocycles. The van der Waals surface area contributed by atoms with E-state index in [4.69, 9.17) is 9.72 Å². The van der Waals surface area contributed by atoms with Crippen molar-refractivity contribution in [2.24, 2.45) is 0 Å². The van der Waals surface area contributed by atoms with Gasteiger partial charge in [0.15, 0.2) is 5.16 Å². The van der Waals surface area contributed by atoms with E-state index in [1.54, 1.807) is 33.1 Å². The summed E-state index contributed by atoms with van der Waals surface area (Å²) in [6, 6.07) is 6.02. The molecule has 2 aliphatic heterocycles. The summed E-state index contributed by atoms with van der Waals surface area (Å²) in [4.78, 5) is 47.3. The topological polar surface area (TPSA) is 84.7 Å². The lowest BCUT2D eigenvalue weighted by Crippen LogP contribution is -2.51. The Balaban J connectivity index is 1.54. The molecular formula is C24H30N4O4S2. The average Bonchev–Trinajstić information content (AvgIpc) is 3.17. The van der Waals surface area contributed by atoms with Gasteiger partial charge in [-0.15, -0.1) is 11.8 Å². The summed E-state index contributed by atoms with van der Waals surface area (Å²) < 4.78 is 6.70. The summed E-state index contributed by atoms with van der Waals surface area (Å²) in [5.41, 5.74) is 3.66. The third kappa shape index (κ3) is 5.27. The predicted molar refractivity (Wildman–Crippen MR) is 134 cm³/mol. The van der Waals surface area contributed by atoms with Gasteiger partial charge in [0.2, 0.25) is 5.91 Å². The standard InChI is InChI=1S/C24H30N4O4S2/c1-5-32-24(31)27-8-6-26(7-9-27)20(29)14-33-23-25-19-13-17(4)34-21(19)22(30)28(23)18-11-15(2)10-16(3)12-18/h10-12,17H,5-9,13-14H2,1-4H3/t17-/m0/s1. The first-order valence-electron chi connectivity index (χ1n) is 11.5. The summed E-state index contributed by atoms with van der Waals surface area (Å²) in [7, 11) is 0. The molecule has 0 saturated carbocycles. The van der Waals surface area contributed by atoms with Crippen molar-refractivity contribution in [1.29, 1.82) is 0 Å². The number of ether oxygens (including phenoxy) is 1. The fraction of sp³-hybridized carbons (Fsp3) is 0.500. The first-order chi connectivity index (χ1) is 16.3. The van der Waals surface area contributed by atoms with Crippen molar-refractivity contribution in [1.82, 2.24) is 19.4 Å². The molecule has 1 aromatic heterocycles. The second-order valence-corrected chi connectivity index (χ2v) is 11.0. The van der Waals surface area contributed by atoms with Crippen molar-refractivity contribution < 1.29 is 14.3 Å². The largest absolute Gasteiger partial charge is 0.450 e. The highest BCUT2D eigenvalue weighted by Gasteiger charge is 2.28. The van der Waals surface area contributed by atoms with Gasteiger partial charge in [-0.1, -0.05) is 24.8 Å². The maximum atomic E-state index is 13.5. The van der Waals surface area contributed by atoms with Gasteiger partial charge < -0.3 is 14.5 Å². The van der Waals surface area contributed by atoms with E-state index >= 15 is 0 Å². The van der Waals surface area contributed by atoms with Crippen LogP contribution < -0.4 is 5.56 Å². The summed E-state index contributed by atoms with van der Waals surface area (Å²) >= 11 is 2.87. The molecular weight excluding hydrogens is 472 g/mol. The molecule has 10 heteroatoms. The number of nitrogens with zero attached hydrogens (tertiary/aromatic N) is 4. The van der Waals surface area contributed by atoms with Crippen LogP contribution in [-0.4, -0.2) is 75.1 Å². The van der Waals surface area contributed by atoms with Gasteiger partial charge in [0.25, 0.3) is 5.56 Å². The number of piperazine rings is 1. The fourth-order valence-electron chi connectivity index (χ4n) is 4.27. The summed E-state index contributed by atoms with van der Waals surface area (Å²) in [6.45, 7) is 10.1. The van der Waals surface area contributed by atoms with Gasteiger partial charge in [0.05, 0.1) is 28.6 Å². The van der Waals surface area contributed by atoms with Crippen molar-refractivity contribution in [2.75, 3.05) is 38.5 Å².